The molecule has 0 amide bonds. The first kappa shape index (κ1) is 9.09. The summed E-state index contributed by atoms with van der Waals surface area (Å²) >= 11 is 0. The summed E-state index contributed by atoms with van der Waals surface area (Å²) in [6.07, 6.45) is 1.71. The van der Waals surface area contributed by atoms with E-state index < -0.39 is 0 Å². The number of ether oxygens (including phenoxy) is 2. The average Bonchev–Trinajstić information content (AvgIpc) is 2.62. The fourth-order valence-electron chi connectivity index (χ4n) is 1.55. The highest BCUT2D eigenvalue weighted by molar-refractivity contribution is 5.49. The van der Waals surface area contributed by atoms with Gasteiger partial charge in [0.2, 0.25) is 6.79 Å². The standard InChI is InChI=1S/C11H13NO2/c1-3-9(12)8-5-11-10(4-7(8)2)13-6-14-11/h3-5,9H,1,6,12H2,2H3. The Morgan fingerprint density at radius 1 is 1.43 bits per heavy atom. The minimum absolute atomic E-state index is 0.149. The SMILES string of the molecule is C=CC(N)c1cc2c(cc1C)OCO2. The Kier molecular flexibility index (Phi) is 2.17. The number of hydrogen-bond donors (Lipinski definition) is 1. The number of benzene rings is 1. The molecule has 74 valence electrons. The van der Waals surface area contributed by atoms with E-state index in [0.717, 1.165) is 22.6 Å². The second-order valence-corrected chi connectivity index (χ2v) is 3.32. The van der Waals surface area contributed by atoms with Gasteiger partial charge >= 0.3 is 0 Å². The van der Waals surface area contributed by atoms with Gasteiger partial charge in [-0.25, -0.2) is 0 Å². The van der Waals surface area contributed by atoms with Gasteiger partial charge in [0.15, 0.2) is 11.5 Å². The van der Waals surface area contributed by atoms with Crippen molar-refractivity contribution in [2.24, 2.45) is 5.73 Å². The largest absolute Gasteiger partial charge is 0.454 e. The lowest BCUT2D eigenvalue weighted by molar-refractivity contribution is 0.174. The third-order valence-electron chi connectivity index (χ3n) is 2.37. The number of rotatable bonds is 2. The van der Waals surface area contributed by atoms with Crippen LogP contribution in [0.2, 0.25) is 0 Å². The van der Waals surface area contributed by atoms with Crippen molar-refractivity contribution < 1.29 is 9.47 Å². The highest BCUT2D eigenvalue weighted by Crippen LogP contribution is 2.36. The number of fused-ring (bicyclic) bond motifs is 1. The molecule has 0 fully saturated rings. The average molecular weight is 191 g/mol. The van der Waals surface area contributed by atoms with E-state index in [4.69, 9.17) is 15.2 Å². The molecule has 1 atom stereocenters. The summed E-state index contributed by atoms with van der Waals surface area (Å²) in [5.74, 6) is 1.56. The molecule has 0 aliphatic carbocycles. The molecule has 0 saturated carbocycles. The lowest BCUT2D eigenvalue weighted by Crippen LogP contribution is -2.08. The van der Waals surface area contributed by atoms with Gasteiger partial charge in [0.1, 0.15) is 0 Å². The Labute approximate surface area is 83.1 Å². The summed E-state index contributed by atoms with van der Waals surface area (Å²) in [4.78, 5) is 0. The summed E-state index contributed by atoms with van der Waals surface area (Å²) < 4.78 is 10.5. The minimum Gasteiger partial charge on any atom is -0.454 e. The molecule has 0 saturated heterocycles. The van der Waals surface area contributed by atoms with Crippen molar-refractivity contribution in [2.45, 2.75) is 13.0 Å². The van der Waals surface area contributed by atoms with E-state index in [1.54, 1.807) is 6.08 Å². The number of aryl methyl sites for hydroxylation is 1. The van der Waals surface area contributed by atoms with Crippen LogP contribution in [0.1, 0.15) is 17.2 Å². The maximum absolute atomic E-state index is 5.87. The predicted octanol–water partition coefficient (Wildman–Crippen LogP) is 1.91. The zero-order valence-corrected chi connectivity index (χ0v) is 8.12. The van der Waals surface area contributed by atoms with Crippen molar-refractivity contribution in [2.75, 3.05) is 6.79 Å². The van der Waals surface area contributed by atoms with E-state index in [0.29, 0.717) is 6.79 Å². The van der Waals surface area contributed by atoms with Gasteiger partial charge < -0.3 is 15.2 Å². The number of nitrogens with two attached hydrogens (primary N) is 1. The molecule has 1 unspecified atom stereocenters. The molecule has 1 aromatic rings. The van der Waals surface area contributed by atoms with Gasteiger partial charge in [-0.05, 0) is 30.2 Å². The first-order valence-corrected chi connectivity index (χ1v) is 4.50. The Hall–Kier alpha value is -1.48. The van der Waals surface area contributed by atoms with Crippen LogP contribution in [0.15, 0.2) is 24.8 Å². The van der Waals surface area contributed by atoms with Crippen LogP contribution in [0.25, 0.3) is 0 Å². The summed E-state index contributed by atoms with van der Waals surface area (Å²) in [7, 11) is 0. The highest BCUT2D eigenvalue weighted by atomic mass is 16.7. The van der Waals surface area contributed by atoms with Gasteiger partial charge in [0.25, 0.3) is 0 Å². The van der Waals surface area contributed by atoms with Gasteiger partial charge in [0, 0.05) is 6.04 Å². The Bertz CT molecular complexity index is 374. The van der Waals surface area contributed by atoms with Crippen LogP contribution < -0.4 is 15.2 Å². The van der Waals surface area contributed by atoms with Gasteiger partial charge in [-0.3, -0.25) is 0 Å². The van der Waals surface area contributed by atoms with Crippen molar-refractivity contribution in [3.8, 4) is 11.5 Å². The Morgan fingerprint density at radius 2 is 2.07 bits per heavy atom. The fourth-order valence-corrected chi connectivity index (χ4v) is 1.55. The maximum Gasteiger partial charge on any atom is 0.231 e. The monoisotopic (exact) mass is 191 g/mol. The number of hydrogen-bond acceptors (Lipinski definition) is 3. The molecule has 0 radical (unpaired) electrons. The quantitative estimate of drug-likeness (QED) is 0.726. The smallest absolute Gasteiger partial charge is 0.231 e. The highest BCUT2D eigenvalue weighted by Gasteiger charge is 2.17. The molecular weight excluding hydrogens is 178 g/mol. The van der Waals surface area contributed by atoms with Gasteiger partial charge in [0.05, 0.1) is 0 Å². The molecule has 2 N–H and O–H groups in total. The van der Waals surface area contributed by atoms with Crippen molar-refractivity contribution >= 4 is 0 Å². The van der Waals surface area contributed by atoms with Crippen molar-refractivity contribution in [3.05, 3.63) is 35.9 Å². The second-order valence-electron chi connectivity index (χ2n) is 3.32. The molecule has 1 heterocycles. The third kappa shape index (κ3) is 1.36. The van der Waals surface area contributed by atoms with Crippen LogP contribution in [0.4, 0.5) is 0 Å². The molecule has 2 rings (SSSR count). The van der Waals surface area contributed by atoms with Crippen LogP contribution in [-0.4, -0.2) is 6.79 Å². The molecule has 3 heteroatoms. The van der Waals surface area contributed by atoms with Crippen molar-refractivity contribution in [3.63, 3.8) is 0 Å². The Balaban J connectivity index is 2.47. The van der Waals surface area contributed by atoms with Crippen molar-refractivity contribution in [1.29, 1.82) is 0 Å². The van der Waals surface area contributed by atoms with Gasteiger partial charge in [-0.15, -0.1) is 6.58 Å². The third-order valence-corrected chi connectivity index (χ3v) is 2.37. The normalized spacial score (nSPS) is 15.3. The summed E-state index contributed by atoms with van der Waals surface area (Å²) in [6.45, 7) is 5.97. The van der Waals surface area contributed by atoms with E-state index in [9.17, 15) is 0 Å². The molecule has 0 spiro atoms. The van der Waals surface area contributed by atoms with E-state index >= 15 is 0 Å². The van der Waals surface area contributed by atoms with E-state index in [2.05, 4.69) is 6.58 Å². The lowest BCUT2D eigenvalue weighted by atomic mass is 10.0. The first-order valence-electron chi connectivity index (χ1n) is 4.50. The zero-order chi connectivity index (χ0) is 10.1. The predicted molar refractivity (Wildman–Crippen MR) is 54.4 cm³/mol. The topological polar surface area (TPSA) is 44.5 Å². The first-order chi connectivity index (χ1) is 6.72. The van der Waals surface area contributed by atoms with Crippen molar-refractivity contribution in [1.82, 2.24) is 0 Å². The molecule has 14 heavy (non-hydrogen) atoms. The molecule has 1 aliphatic heterocycles. The maximum atomic E-state index is 5.87. The summed E-state index contributed by atoms with van der Waals surface area (Å²) in [6, 6.07) is 3.72. The summed E-state index contributed by atoms with van der Waals surface area (Å²) in [5, 5.41) is 0. The molecule has 1 aliphatic rings. The van der Waals surface area contributed by atoms with Crippen LogP contribution in [0.3, 0.4) is 0 Å². The molecular formula is C11H13NO2. The second kappa shape index (κ2) is 3.35. The molecule has 1 aromatic carbocycles. The lowest BCUT2D eigenvalue weighted by Gasteiger charge is -2.11. The van der Waals surface area contributed by atoms with Gasteiger partial charge in [-0.2, -0.15) is 0 Å². The zero-order valence-electron chi connectivity index (χ0n) is 8.12. The molecule has 0 aromatic heterocycles. The fraction of sp³-hybridized carbons (Fsp3) is 0.273. The molecule has 3 nitrogen and oxygen atoms in total. The van der Waals surface area contributed by atoms with E-state index in [1.807, 2.05) is 19.1 Å². The van der Waals surface area contributed by atoms with Gasteiger partial charge in [-0.1, -0.05) is 6.08 Å². The minimum atomic E-state index is -0.149. The van der Waals surface area contributed by atoms with Crippen LogP contribution in [0, 0.1) is 6.92 Å². The van der Waals surface area contributed by atoms with E-state index in [1.165, 1.54) is 0 Å². The van der Waals surface area contributed by atoms with Crippen LogP contribution in [0.5, 0.6) is 11.5 Å². The van der Waals surface area contributed by atoms with Crippen LogP contribution in [-0.2, 0) is 0 Å². The van der Waals surface area contributed by atoms with Crippen LogP contribution >= 0.6 is 0 Å². The summed E-state index contributed by atoms with van der Waals surface area (Å²) in [5.41, 5.74) is 8.01. The Morgan fingerprint density at radius 3 is 2.71 bits per heavy atom. The molecule has 0 bridgehead atoms. The van der Waals surface area contributed by atoms with E-state index in [-0.39, 0.29) is 6.04 Å².